The molecule has 0 aliphatic rings. The van der Waals surface area contributed by atoms with Crippen LogP contribution in [0, 0.1) is 0 Å². The van der Waals surface area contributed by atoms with Gasteiger partial charge in [0.1, 0.15) is 11.5 Å². The van der Waals surface area contributed by atoms with Crippen LogP contribution in [0.4, 0.5) is 5.69 Å². The van der Waals surface area contributed by atoms with Crippen LogP contribution in [0.2, 0.25) is 0 Å². The third-order valence-electron chi connectivity index (χ3n) is 2.34. The number of amides is 1. The van der Waals surface area contributed by atoms with Crippen LogP contribution in [-0.4, -0.2) is 45.7 Å². The first-order valence-electron chi connectivity index (χ1n) is 5.24. The Bertz CT molecular complexity index is 391. The first-order chi connectivity index (χ1) is 8.08. The quantitative estimate of drug-likeness (QED) is 0.837. The van der Waals surface area contributed by atoms with Gasteiger partial charge in [0.15, 0.2) is 0 Å². The van der Waals surface area contributed by atoms with Crippen molar-refractivity contribution in [1.82, 2.24) is 4.90 Å². The van der Waals surface area contributed by atoms with Crippen LogP contribution >= 0.6 is 0 Å². The van der Waals surface area contributed by atoms with Gasteiger partial charge in [-0.3, -0.25) is 4.79 Å². The van der Waals surface area contributed by atoms with E-state index in [1.54, 1.807) is 46.5 Å². The zero-order valence-electron chi connectivity index (χ0n) is 10.6. The van der Waals surface area contributed by atoms with E-state index in [2.05, 4.69) is 5.32 Å². The number of likely N-dealkylation sites (N-methyl/N-ethyl adjacent to an activating group) is 1. The van der Waals surface area contributed by atoms with Gasteiger partial charge in [0.2, 0.25) is 5.91 Å². The highest BCUT2D eigenvalue weighted by molar-refractivity contribution is 5.81. The molecule has 1 aromatic carbocycles. The third-order valence-corrected chi connectivity index (χ3v) is 2.34. The molecular weight excluding hydrogens is 220 g/mol. The normalized spacial score (nSPS) is 9.65. The lowest BCUT2D eigenvalue weighted by Gasteiger charge is -2.14. The summed E-state index contributed by atoms with van der Waals surface area (Å²) in [7, 11) is 6.61. The molecule has 0 heterocycles. The van der Waals surface area contributed by atoms with Crippen LogP contribution in [-0.2, 0) is 4.79 Å². The van der Waals surface area contributed by atoms with Gasteiger partial charge in [0.25, 0.3) is 0 Å². The van der Waals surface area contributed by atoms with E-state index < -0.39 is 0 Å². The monoisotopic (exact) mass is 238 g/mol. The molecular formula is C12H18N2O3. The highest BCUT2D eigenvalue weighted by Gasteiger charge is 2.08. The number of hydrogen-bond donors (Lipinski definition) is 1. The summed E-state index contributed by atoms with van der Waals surface area (Å²) >= 11 is 0. The second-order valence-electron chi connectivity index (χ2n) is 3.71. The number of carbonyl (C=O) groups excluding carboxylic acids is 1. The van der Waals surface area contributed by atoms with E-state index in [4.69, 9.17) is 9.47 Å². The van der Waals surface area contributed by atoms with E-state index >= 15 is 0 Å². The van der Waals surface area contributed by atoms with Crippen molar-refractivity contribution in [2.24, 2.45) is 0 Å². The van der Waals surface area contributed by atoms with E-state index in [-0.39, 0.29) is 12.5 Å². The molecule has 0 saturated heterocycles. The van der Waals surface area contributed by atoms with Crippen molar-refractivity contribution < 1.29 is 14.3 Å². The Labute approximate surface area is 101 Å². The molecule has 0 aromatic heterocycles. The van der Waals surface area contributed by atoms with Crippen LogP contribution < -0.4 is 14.8 Å². The fourth-order valence-corrected chi connectivity index (χ4v) is 1.28. The van der Waals surface area contributed by atoms with Crippen molar-refractivity contribution in [2.45, 2.75) is 0 Å². The molecule has 94 valence electrons. The van der Waals surface area contributed by atoms with Crippen molar-refractivity contribution in [2.75, 3.05) is 40.2 Å². The molecule has 0 radical (unpaired) electrons. The molecule has 0 fully saturated rings. The Balaban J connectivity index is 2.77. The molecule has 0 atom stereocenters. The minimum Gasteiger partial charge on any atom is -0.497 e. The largest absolute Gasteiger partial charge is 0.497 e. The van der Waals surface area contributed by atoms with E-state index in [9.17, 15) is 4.79 Å². The summed E-state index contributed by atoms with van der Waals surface area (Å²) in [5.74, 6) is 1.39. The summed E-state index contributed by atoms with van der Waals surface area (Å²) in [6, 6.07) is 5.39. The van der Waals surface area contributed by atoms with Gasteiger partial charge in [-0.2, -0.15) is 0 Å². The predicted octanol–water partition coefficient (Wildman–Crippen LogP) is 1.20. The Hall–Kier alpha value is -1.91. The highest BCUT2D eigenvalue weighted by atomic mass is 16.5. The van der Waals surface area contributed by atoms with Gasteiger partial charge in [-0.1, -0.05) is 0 Å². The van der Waals surface area contributed by atoms with Gasteiger partial charge in [-0.15, -0.1) is 0 Å². The molecule has 1 N–H and O–H groups in total. The van der Waals surface area contributed by atoms with Crippen molar-refractivity contribution in [3.8, 4) is 11.5 Å². The molecule has 0 aliphatic heterocycles. The number of hydrogen-bond acceptors (Lipinski definition) is 4. The minimum atomic E-state index is -0.00475. The van der Waals surface area contributed by atoms with Gasteiger partial charge < -0.3 is 19.7 Å². The van der Waals surface area contributed by atoms with Gasteiger partial charge in [-0.25, -0.2) is 0 Å². The molecule has 0 aliphatic carbocycles. The number of benzene rings is 1. The summed E-state index contributed by atoms with van der Waals surface area (Å²) in [4.78, 5) is 13.0. The fraction of sp³-hybridized carbons (Fsp3) is 0.417. The minimum absolute atomic E-state index is 0.00475. The predicted molar refractivity (Wildman–Crippen MR) is 66.7 cm³/mol. The molecule has 17 heavy (non-hydrogen) atoms. The lowest BCUT2D eigenvalue weighted by Crippen LogP contribution is -2.28. The molecule has 1 aromatic rings. The van der Waals surface area contributed by atoms with Crippen LogP contribution in [0.3, 0.4) is 0 Å². The maximum atomic E-state index is 11.5. The summed E-state index contributed by atoms with van der Waals surface area (Å²) in [5.41, 5.74) is 0.738. The summed E-state index contributed by atoms with van der Waals surface area (Å²) in [6.07, 6.45) is 0. The summed E-state index contributed by atoms with van der Waals surface area (Å²) in [5, 5.41) is 3.02. The van der Waals surface area contributed by atoms with E-state index in [1.807, 2.05) is 0 Å². The Morgan fingerprint density at radius 3 is 2.53 bits per heavy atom. The molecule has 0 saturated carbocycles. The van der Waals surface area contributed by atoms with E-state index in [0.717, 1.165) is 5.69 Å². The molecule has 5 nitrogen and oxygen atoms in total. The van der Waals surface area contributed by atoms with Crippen molar-refractivity contribution in [1.29, 1.82) is 0 Å². The second kappa shape index (κ2) is 5.98. The lowest BCUT2D eigenvalue weighted by molar-refractivity contribution is -0.126. The van der Waals surface area contributed by atoms with Gasteiger partial charge in [-0.05, 0) is 12.1 Å². The van der Waals surface area contributed by atoms with Crippen molar-refractivity contribution >= 4 is 11.6 Å². The Kier molecular flexibility index (Phi) is 4.63. The first kappa shape index (κ1) is 13.2. The maximum Gasteiger partial charge on any atom is 0.241 e. The Morgan fingerprint density at radius 1 is 1.29 bits per heavy atom. The number of ether oxygens (including phenoxy) is 2. The zero-order chi connectivity index (χ0) is 12.8. The highest BCUT2D eigenvalue weighted by Crippen LogP contribution is 2.28. The van der Waals surface area contributed by atoms with Gasteiger partial charge in [0, 0.05) is 20.2 Å². The number of nitrogens with one attached hydrogen (secondary N) is 1. The van der Waals surface area contributed by atoms with Crippen LogP contribution in [0.1, 0.15) is 0 Å². The average molecular weight is 238 g/mol. The second-order valence-corrected chi connectivity index (χ2v) is 3.71. The van der Waals surface area contributed by atoms with Gasteiger partial charge in [0.05, 0.1) is 26.5 Å². The maximum absolute atomic E-state index is 11.5. The summed E-state index contributed by atoms with van der Waals surface area (Å²) < 4.78 is 10.3. The molecule has 0 bridgehead atoms. The van der Waals surface area contributed by atoms with Crippen LogP contribution in [0.15, 0.2) is 18.2 Å². The lowest BCUT2D eigenvalue weighted by atomic mass is 10.2. The third kappa shape index (κ3) is 3.55. The van der Waals surface area contributed by atoms with Crippen molar-refractivity contribution in [3.05, 3.63) is 18.2 Å². The number of methoxy groups -OCH3 is 2. The Morgan fingerprint density at radius 2 is 2.00 bits per heavy atom. The fourth-order valence-electron chi connectivity index (χ4n) is 1.28. The number of nitrogens with zero attached hydrogens (tertiary/aromatic N) is 1. The van der Waals surface area contributed by atoms with Crippen LogP contribution in [0.5, 0.6) is 11.5 Å². The molecule has 1 rings (SSSR count). The molecule has 1 amide bonds. The first-order valence-corrected chi connectivity index (χ1v) is 5.24. The number of rotatable bonds is 5. The topological polar surface area (TPSA) is 50.8 Å². The van der Waals surface area contributed by atoms with E-state index in [1.165, 1.54) is 4.90 Å². The van der Waals surface area contributed by atoms with Crippen LogP contribution in [0.25, 0.3) is 0 Å². The van der Waals surface area contributed by atoms with Crippen molar-refractivity contribution in [3.63, 3.8) is 0 Å². The number of carbonyl (C=O) groups is 1. The van der Waals surface area contributed by atoms with Gasteiger partial charge >= 0.3 is 0 Å². The average Bonchev–Trinajstić information content (AvgIpc) is 2.35. The summed E-state index contributed by atoms with van der Waals surface area (Å²) in [6.45, 7) is 0.219. The standard InChI is InChI=1S/C12H18N2O3/c1-14(2)12(15)8-13-10-7-9(16-3)5-6-11(10)17-4/h5-7,13H,8H2,1-4H3. The SMILES string of the molecule is COc1ccc(OC)c(NCC(=O)N(C)C)c1. The molecule has 0 spiro atoms. The molecule has 5 heteroatoms. The smallest absolute Gasteiger partial charge is 0.241 e. The molecule has 0 unspecified atom stereocenters. The number of anilines is 1. The van der Waals surface area contributed by atoms with E-state index in [0.29, 0.717) is 11.5 Å². The zero-order valence-corrected chi connectivity index (χ0v) is 10.6.